The van der Waals surface area contributed by atoms with Crippen molar-refractivity contribution in [3.8, 4) is 5.75 Å². The Hall–Kier alpha value is -1.77. The number of nitrogens with one attached hydrogen (secondary N) is 2. The average Bonchev–Trinajstić information content (AvgIpc) is 2.82. The van der Waals surface area contributed by atoms with E-state index in [0.29, 0.717) is 24.9 Å². The van der Waals surface area contributed by atoms with Gasteiger partial charge in [0.1, 0.15) is 11.5 Å². The third-order valence-electron chi connectivity index (χ3n) is 3.18. The molecule has 0 aliphatic heterocycles. The van der Waals surface area contributed by atoms with Crippen LogP contribution in [0, 0.1) is 13.8 Å². The summed E-state index contributed by atoms with van der Waals surface area (Å²) in [5.74, 6) is 2.43. The maximum absolute atomic E-state index is 9.28. The van der Waals surface area contributed by atoms with Gasteiger partial charge < -0.3 is 20.2 Å². The number of aliphatic imine (C=N–C) groups is 1. The predicted molar refractivity (Wildman–Crippen MR) is 101 cm³/mol. The fourth-order valence-corrected chi connectivity index (χ4v) is 1.89. The van der Waals surface area contributed by atoms with Crippen LogP contribution in [-0.2, 0) is 13.1 Å². The van der Waals surface area contributed by atoms with Crippen molar-refractivity contribution < 1.29 is 9.52 Å². The molecule has 0 bridgehead atoms. The first kappa shape index (κ1) is 19.3. The van der Waals surface area contributed by atoms with E-state index in [1.807, 2.05) is 32.9 Å². The first-order chi connectivity index (χ1) is 10.6. The van der Waals surface area contributed by atoms with Gasteiger partial charge in [-0.2, -0.15) is 0 Å². The number of aromatic nitrogens is 1. The summed E-state index contributed by atoms with van der Waals surface area (Å²) in [7, 11) is 0. The van der Waals surface area contributed by atoms with Gasteiger partial charge in [0.05, 0.1) is 18.8 Å². The van der Waals surface area contributed by atoms with Crippen LogP contribution in [0.3, 0.4) is 0 Å². The smallest absolute Gasteiger partial charge is 0.214 e. The summed E-state index contributed by atoms with van der Waals surface area (Å²) in [6, 6.07) is 7.01. The van der Waals surface area contributed by atoms with E-state index in [2.05, 4.69) is 20.6 Å². The number of phenolic OH excluding ortho intramolecular Hbond substituents is 1. The lowest BCUT2D eigenvalue weighted by Gasteiger charge is -2.09. The minimum absolute atomic E-state index is 0. The minimum atomic E-state index is 0. The number of halogens is 1. The molecule has 0 radical (unpaired) electrons. The summed E-state index contributed by atoms with van der Waals surface area (Å²) in [6.45, 7) is 7.61. The number of aryl methyl sites for hydroxylation is 2. The zero-order valence-corrected chi connectivity index (χ0v) is 15.9. The van der Waals surface area contributed by atoms with E-state index in [1.54, 1.807) is 12.1 Å². The molecule has 0 saturated heterocycles. The van der Waals surface area contributed by atoms with Crippen LogP contribution < -0.4 is 10.6 Å². The van der Waals surface area contributed by atoms with E-state index in [4.69, 9.17) is 4.42 Å². The number of hydrogen-bond donors (Lipinski definition) is 3. The maximum Gasteiger partial charge on any atom is 0.214 e. The van der Waals surface area contributed by atoms with Gasteiger partial charge in [-0.3, -0.25) is 0 Å². The van der Waals surface area contributed by atoms with Crippen LogP contribution in [0.1, 0.15) is 29.8 Å². The van der Waals surface area contributed by atoms with Crippen molar-refractivity contribution in [1.82, 2.24) is 15.6 Å². The second kappa shape index (κ2) is 9.39. The van der Waals surface area contributed by atoms with Crippen molar-refractivity contribution in [3.63, 3.8) is 0 Å². The Balaban J connectivity index is 0.00000264. The Morgan fingerprint density at radius 1 is 1.22 bits per heavy atom. The summed E-state index contributed by atoms with van der Waals surface area (Å²) >= 11 is 0. The number of benzene rings is 1. The molecule has 0 saturated carbocycles. The van der Waals surface area contributed by atoms with Gasteiger partial charge in [-0.15, -0.1) is 24.0 Å². The summed E-state index contributed by atoms with van der Waals surface area (Å²) in [4.78, 5) is 8.83. The molecule has 6 nitrogen and oxygen atoms in total. The van der Waals surface area contributed by atoms with Crippen LogP contribution in [0.15, 0.2) is 33.7 Å². The van der Waals surface area contributed by atoms with Crippen molar-refractivity contribution >= 4 is 29.9 Å². The van der Waals surface area contributed by atoms with Gasteiger partial charge in [0.25, 0.3) is 0 Å². The van der Waals surface area contributed by atoms with E-state index in [-0.39, 0.29) is 29.7 Å². The molecule has 2 rings (SSSR count). The van der Waals surface area contributed by atoms with Gasteiger partial charge in [0.2, 0.25) is 5.89 Å². The minimum Gasteiger partial charge on any atom is -0.508 e. The molecule has 1 aromatic heterocycles. The summed E-state index contributed by atoms with van der Waals surface area (Å²) in [5, 5.41) is 15.6. The Kier molecular flexibility index (Phi) is 7.87. The van der Waals surface area contributed by atoms with Crippen molar-refractivity contribution in [1.29, 1.82) is 0 Å². The summed E-state index contributed by atoms with van der Waals surface area (Å²) in [5.41, 5.74) is 1.93. The number of hydrogen-bond acceptors (Lipinski definition) is 4. The average molecular weight is 430 g/mol. The molecule has 0 aliphatic rings. The highest BCUT2D eigenvalue weighted by molar-refractivity contribution is 14.0. The lowest BCUT2D eigenvalue weighted by molar-refractivity contribution is 0.463. The third kappa shape index (κ3) is 6.09. The van der Waals surface area contributed by atoms with Gasteiger partial charge >= 0.3 is 0 Å². The second-order valence-electron chi connectivity index (χ2n) is 4.96. The number of phenols is 1. The fraction of sp³-hybridized carbons (Fsp3) is 0.375. The highest BCUT2D eigenvalue weighted by Crippen LogP contribution is 2.10. The van der Waals surface area contributed by atoms with Crippen LogP contribution in [0.2, 0.25) is 0 Å². The number of nitrogens with zero attached hydrogens (tertiary/aromatic N) is 2. The fourth-order valence-electron chi connectivity index (χ4n) is 1.89. The summed E-state index contributed by atoms with van der Waals surface area (Å²) < 4.78 is 5.53. The molecule has 0 atom stereocenters. The molecule has 0 spiro atoms. The van der Waals surface area contributed by atoms with Gasteiger partial charge in [0, 0.05) is 6.54 Å². The van der Waals surface area contributed by atoms with Crippen LogP contribution in [0.5, 0.6) is 5.75 Å². The van der Waals surface area contributed by atoms with Crippen molar-refractivity contribution in [2.75, 3.05) is 6.54 Å². The topological polar surface area (TPSA) is 82.7 Å². The van der Waals surface area contributed by atoms with E-state index in [0.717, 1.165) is 23.6 Å². The Morgan fingerprint density at radius 3 is 2.48 bits per heavy atom. The molecule has 3 N–H and O–H groups in total. The Bertz CT molecular complexity index is 619. The van der Waals surface area contributed by atoms with Gasteiger partial charge in [-0.05, 0) is 38.5 Å². The van der Waals surface area contributed by atoms with Crippen LogP contribution in [0.4, 0.5) is 0 Å². The second-order valence-corrected chi connectivity index (χ2v) is 4.96. The molecule has 7 heteroatoms. The molecule has 0 aliphatic carbocycles. The monoisotopic (exact) mass is 430 g/mol. The van der Waals surface area contributed by atoms with Crippen LogP contribution in [-0.4, -0.2) is 22.6 Å². The zero-order chi connectivity index (χ0) is 15.9. The Labute approximate surface area is 153 Å². The number of rotatable bonds is 5. The number of oxazole rings is 1. The van der Waals surface area contributed by atoms with Gasteiger partial charge in [-0.1, -0.05) is 12.1 Å². The van der Waals surface area contributed by atoms with Crippen molar-refractivity contribution in [3.05, 3.63) is 47.2 Å². The molecule has 0 fully saturated rings. The van der Waals surface area contributed by atoms with E-state index >= 15 is 0 Å². The molecule has 126 valence electrons. The molecule has 1 heterocycles. The van der Waals surface area contributed by atoms with Crippen molar-refractivity contribution in [2.24, 2.45) is 4.99 Å². The quantitative estimate of drug-likeness (QED) is 0.386. The van der Waals surface area contributed by atoms with E-state index < -0.39 is 0 Å². The van der Waals surface area contributed by atoms with E-state index in [1.165, 1.54) is 0 Å². The first-order valence-corrected chi connectivity index (χ1v) is 7.31. The molecular formula is C16H23IN4O2. The van der Waals surface area contributed by atoms with Gasteiger partial charge in [0.15, 0.2) is 5.96 Å². The predicted octanol–water partition coefficient (Wildman–Crippen LogP) is 2.87. The molecule has 0 unspecified atom stereocenters. The van der Waals surface area contributed by atoms with Crippen LogP contribution >= 0.6 is 24.0 Å². The number of guanidine groups is 1. The highest BCUT2D eigenvalue weighted by Gasteiger charge is 2.06. The lowest BCUT2D eigenvalue weighted by Crippen LogP contribution is -2.36. The van der Waals surface area contributed by atoms with Crippen molar-refractivity contribution in [2.45, 2.75) is 33.9 Å². The number of aromatic hydroxyl groups is 1. The first-order valence-electron chi connectivity index (χ1n) is 7.31. The zero-order valence-electron chi connectivity index (χ0n) is 13.6. The highest BCUT2D eigenvalue weighted by atomic mass is 127. The maximum atomic E-state index is 9.28. The third-order valence-corrected chi connectivity index (χ3v) is 3.18. The molecule has 23 heavy (non-hydrogen) atoms. The van der Waals surface area contributed by atoms with Crippen LogP contribution in [0.25, 0.3) is 0 Å². The standard InChI is InChI=1S/C16H22N4O2.HI/c1-4-17-16(18-9-13-5-7-14(21)8-6-13)19-10-15-20-11(2)12(3)22-15;/h5-8,21H,4,9-10H2,1-3H3,(H2,17,18,19);1H. The normalized spacial score (nSPS) is 11.0. The molecule has 1 aromatic carbocycles. The molecule has 0 amide bonds. The lowest BCUT2D eigenvalue weighted by atomic mass is 10.2. The molecule has 2 aromatic rings. The molecular weight excluding hydrogens is 407 g/mol. The summed E-state index contributed by atoms with van der Waals surface area (Å²) in [6.07, 6.45) is 0. The van der Waals surface area contributed by atoms with Gasteiger partial charge in [-0.25, -0.2) is 9.98 Å². The van der Waals surface area contributed by atoms with E-state index in [9.17, 15) is 5.11 Å². The Morgan fingerprint density at radius 2 is 1.91 bits per heavy atom. The SMILES string of the molecule is CCNC(=NCc1ccc(O)cc1)NCc1nc(C)c(C)o1.I. The largest absolute Gasteiger partial charge is 0.508 e.